The predicted molar refractivity (Wildman–Crippen MR) is 82.4 cm³/mol. The molecule has 0 heterocycles. The molecule has 1 saturated carbocycles. The zero-order valence-electron chi connectivity index (χ0n) is 12.7. The number of amides is 1. The molecule has 110 valence electrons. The second kappa shape index (κ2) is 6.89. The zero-order chi connectivity index (χ0) is 14.5. The lowest BCUT2D eigenvalue weighted by atomic mass is 9.97. The molecule has 0 aliphatic heterocycles. The lowest BCUT2D eigenvalue weighted by Crippen LogP contribution is -2.45. The van der Waals surface area contributed by atoms with Gasteiger partial charge in [-0.15, -0.1) is 0 Å². The van der Waals surface area contributed by atoms with Crippen molar-refractivity contribution < 1.29 is 4.79 Å². The highest BCUT2D eigenvalue weighted by Crippen LogP contribution is 2.41. The van der Waals surface area contributed by atoms with E-state index in [2.05, 4.69) is 48.7 Å². The minimum atomic E-state index is -0.106. The van der Waals surface area contributed by atoms with E-state index in [1.54, 1.807) is 7.05 Å². The molecule has 0 bridgehead atoms. The monoisotopic (exact) mass is 274 g/mol. The van der Waals surface area contributed by atoms with Crippen LogP contribution in [0.2, 0.25) is 0 Å². The molecule has 0 spiro atoms. The average molecular weight is 274 g/mol. The topological polar surface area (TPSA) is 41.1 Å². The highest BCUT2D eigenvalue weighted by atomic mass is 16.2. The third-order valence-electron chi connectivity index (χ3n) is 3.90. The molecule has 1 aromatic carbocycles. The van der Waals surface area contributed by atoms with Gasteiger partial charge in [-0.3, -0.25) is 10.1 Å². The van der Waals surface area contributed by atoms with Gasteiger partial charge in [0, 0.05) is 13.1 Å². The van der Waals surface area contributed by atoms with E-state index in [-0.39, 0.29) is 11.9 Å². The van der Waals surface area contributed by atoms with E-state index in [9.17, 15) is 4.79 Å². The van der Waals surface area contributed by atoms with Crippen LogP contribution in [0.1, 0.15) is 44.7 Å². The van der Waals surface area contributed by atoms with E-state index in [1.165, 1.54) is 18.4 Å². The summed E-state index contributed by atoms with van der Waals surface area (Å²) in [6.07, 6.45) is 3.39. The normalized spacial score (nSPS) is 17.8. The van der Waals surface area contributed by atoms with Gasteiger partial charge in [0.2, 0.25) is 5.91 Å². The van der Waals surface area contributed by atoms with Crippen molar-refractivity contribution in [3.05, 3.63) is 35.9 Å². The Kier molecular flexibility index (Phi) is 5.18. The predicted octanol–water partition coefficient (Wildman–Crippen LogP) is 2.89. The maximum atomic E-state index is 12.1. The molecule has 2 unspecified atom stereocenters. The van der Waals surface area contributed by atoms with Gasteiger partial charge in [-0.2, -0.15) is 0 Å². The zero-order valence-corrected chi connectivity index (χ0v) is 12.7. The summed E-state index contributed by atoms with van der Waals surface area (Å²) in [5, 5.41) is 6.39. The fourth-order valence-electron chi connectivity index (χ4n) is 2.71. The number of likely N-dealkylation sites (N-methyl/N-ethyl adjacent to an activating group) is 1. The molecule has 1 aromatic rings. The Balaban J connectivity index is 2.11. The van der Waals surface area contributed by atoms with Crippen LogP contribution in [-0.4, -0.2) is 19.0 Å². The molecule has 3 nitrogen and oxygen atoms in total. The Morgan fingerprint density at radius 2 is 1.90 bits per heavy atom. The second-order valence-electron chi connectivity index (χ2n) is 6.19. The molecule has 0 saturated heterocycles. The van der Waals surface area contributed by atoms with Crippen LogP contribution in [0.5, 0.6) is 0 Å². The first-order valence-corrected chi connectivity index (χ1v) is 7.64. The van der Waals surface area contributed by atoms with E-state index < -0.39 is 0 Å². The molecule has 3 heteroatoms. The largest absolute Gasteiger partial charge is 0.358 e. The first kappa shape index (κ1) is 15.0. The number of rotatable bonds is 7. The van der Waals surface area contributed by atoms with Crippen LogP contribution in [0.25, 0.3) is 0 Å². The van der Waals surface area contributed by atoms with Crippen LogP contribution in [0, 0.1) is 11.8 Å². The first-order valence-electron chi connectivity index (χ1n) is 7.64. The van der Waals surface area contributed by atoms with Crippen molar-refractivity contribution in [1.82, 2.24) is 10.6 Å². The molecule has 2 atom stereocenters. The van der Waals surface area contributed by atoms with Crippen LogP contribution in [0.4, 0.5) is 0 Å². The average Bonchev–Trinajstić information content (AvgIpc) is 3.27. The summed E-state index contributed by atoms with van der Waals surface area (Å²) in [7, 11) is 1.71. The van der Waals surface area contributed by atoms with Crippen molar-refractivity contribution >= 4 is 5.91 Å². The Labute approximate surface area is 122 Å². The lowest BCUT2D eigenvalue weighted by molar-refractivity contribution is -0.123. The van der Waals surface area contributed by atoms with Gasteiger partial charge >= 0.3 is 0 Å². The molecule has 20 heavy (non-hydrogen) atoms. The Bertz CT molecular complexity index is 426. The van der Waals surface area contributed by atoms with Gasteiger partial charge in [0.1, 0.15) is 0 Å². The second-order valence-corrected chi connectivity index (χ2v) is 6.19. The van der Waals surface area contributed by atoms with Gasteiger partial charge in [0.15, 0.2) is 0 Å². The molecular formula is C17H26N2O. The quantitative estimate of drug-likeness (QED) is 0.802. The summed E-state index contributed by atoms with van der Waals surface area (Å²) in [4.78, 5) is 12.1. The van der Waals surface area contributed by atoms with Gasteiger partial charge < -0.3 is 5.32 Å². The maximum Gasteiger partial charge on any atom is 0.236 e. The molecule has 2 rings (SSSR count). The maximum absolute atomic E-state index is 12.1. The Morgan fingerprint density at radius 3 is 2.40 bits per heavy atom. The van der Waals surface area contributed by atoms with Crippen molar-refractivity contribution in [1.29, 1.82) is 0 Å². The van der Waals surface area contributed by atoms with Crippen molar-refractivity contribution in [3.8, 4) is 0 Å². The van der Waals surface area contributed by atoms with E-state index >= 15 is 0 Å². The number of benzene rings is 1. The van der Waals surface area contributed by atoms with Crippen LogP contribution in [0.3, 0.4) is 0 Å². The SMILES string of the molecule is CNC(=O)C(CC(C)C)NC(c1ccccc1)C1CC1. The fourth-order valence-corrected chi connectivity index (χ4v) is 2.71. The summed E-state index contributed by atoms with van der Waals surface area (Å²) in [6, 6.07) is 10.7. The molecule has 1 fully saturated rings. The molecule has 0 radical (unpaired) electrons. The van der Waals surface area contributed by atoms with Crippen LogP contribution in [0.15, 0.2) is 30.3 Å². The van der Waals surface area contributed by atoms with Crippen LogP contribution >= 0.6 is 0 Å². The van der Waals surface area contributed by atoms with Gasteiger partial charge in [0.05, 0.1) is 6.04 Å². The van der Waals surface area contributed by atoms with E-state index in [0.29, 0.717) is 17.9 Å². The van der Waals surface area contributed by atoms with Crippen LogP contribution in [-0.2, 0) is 4.79 Å². The third kappa shape index (κ3) is 4.07. The molecule has 1 aliphatic rings. The van der Waals surface area contributed by atoms with Gasteiger partial charge in [0.25, 0.3) is 0 Å². The third-order valence-corrected chi connectivity index (χ3v) is 3.90. The summed E-state index contributed by atoms with van der Waals surface area (Å²) in [5.74, 6) is 1.28. The molecule has 2 N–H and O–H groups in total. The number of hydrogen-bond acceptors (Lipinski definition) is 2. The minimum absolute atomic E-state index is 0.0975. The van der Waals surface area contributed by atoms with Crippen molar-refractivity contribution in [2.75, 3.05) is 7.05 Å². The number of nitrogens with one attached hydrogen (secondary N) is 2. The molecule has 0 aromatic heterocycles. The Hall–Kier alpha value is -1.35. The lowest BCUT2D eigenvalue weighted by Gasteiger charge is -2.26. The summed E-state index contributed by atoms with van der Waals surface area (Å²) in [5.41, 5.74) is 1.30. The first-order chi connectivity index (χ1) is 9.61. The van der Waals surface area contributed by atoms with Crippen molar-refractivity contribution in [2.45, 2.75) is 45.2 Å². The smallest absolute Gasteiger partial charge is 0.236 e. The molecule has 1 aliphatic carbocycles. The standard InChI is InChI=1S/C17H26N2O/c1-12(2)11-15(17(20)18-3)19-16(14-9-10-14)13-7-5-4-6-8-13/h4-8,12,14-16,19H,9-11H2,1-3H3,(H,18,20). The number of hydrogen-bond donors (Lipinski definition) is 2. The van der Waals surface area contributed by atoms with E-state index in [0.717, 1.165) is 6.42 Å². The van der Waals surface area contributed by atoms with Gasteiger partial charge in [-0.05, 0) is 36.7 Å². The highest BCUT2D eigenvalue weighted by Gasteiger charge is 2.34. The number of carbonyl (C=O) groups excluding carboxylic acids is 1. The van der Waals surface area contributed by atoms with E-state index in [1.807, 2.05) is 6.07 Å². The highest BCUT2D eigenvalue weighted by molar-refractivity contribution is 5.81. The minimum Gasteiger partial charge on any atom is -0.358 e. The van der Waals surface area contributed by atoms with Crippen molar-refractivity contribution in [2.24, 2.45) is 11.8 Å². The summed E-state index contributed by atoms with van der Waals surface area (Å²) in [6.45, 7) is 4.32. The molecular weight excluding hydrogens is 248 g/mol. The van der Waals surface area contributed by atoms with Gasteiger partial charge in [-0.1, -0.05) is 44.2 Å². The fraction of sp³-hybridized carbons (Fsp3) is 0.588. The van der Waals surface area contributed by atoms with Crippen molar-refractivity contribution in [3.63, 3.8) is 0 Å². The summed E-state index contributed by atoms with van der Waals surface area (Å²) >= 11 is 0. The molecule has 1 amide bonds. The van der Waals surface area contributed by atoms with Crippen LogP contribution < -0.4 is 10.6 Å². The number of carbonyl (C=O) groups is 1. The van der Waals surface area contributed by atoms with E-state index in [4.69, 9.17) is 0 Å². The summed E-state index contributed by atoms with van der Waals surface area (Å²) < 4.78 is 0. The van der Waals surface area contributed by atoms with Gasteiger partial charge in [-0.25, -0.2) is 0 Å². The Morgan fingerprint density at radius 1 is 1.25 bits per heavy atom.